The number of rotatable bonds is 9. The molecule has 0 radical (unpaired) electrons. The van der Waals surface area contributed by atoms with Crippen LogP contribution in [0.15, 0.2) is 23.0 Å². The van der Waals surface area contributed by atoms with Gasteiger partial charge in [0.15, 0.2) is 5.82 Å². The van der Waals surface area contributed by atoms with Crippen LogP contribution in [0, 0.1) is 13.8 Å². The summed E-state index contributed by atoms with van der Waals surface area (Å²) in [5.41, 5.74) is 4.07. The van der Waals surface area contributed by atoms with Crippen molar-refractivity contribution in [3.63, 3.8) is 0 Å². The minimum absolute atomic E-state index is 0.0196. The SMILES string of the molecule is CCC(c1nnnn1C1CCCCC1)N(CCN1CCOCC1)Cc1cc2cc(C)c(C)cc2[nH]c1=O. The van der Waals surface area contributed by atoms with Gasteiger partial charge in [-0.25, -0.2) is 4.68 Å². The molecule has 0 amide bonds. The number of aromatic nitrogens is 5. The van der Waals surface area contributed by atoms with Crippen molar-refractivity contribution in [2.45, 2.75) is 77.9 Å². The molecule has 200 valence electrons. The molecule has 3 heterocycles. The van der Waals surface area contributed by atoms with Gasteiger partial charge in [-0.15, -0.1) is 5.10 Å². The maximum atomic E-state index is 13.2. The summed E-state index contributed by atoms with van der Waals surface area (Å²) in [5, 5.41) is 14.2. The smallest absolute Gasteiger partial charge is 0.252 e. The van der Waals surface area contributed by atoms with Crippen molar-refractivity contribution in [1.82, 2.24) is 35.0 Å². The normalized spacial score (nSPS) is 18.6. The van der Waals surface area contributed by atoms with Crippen molar-refractivity contribution in [2.75, 3.05) is 39.4 Å². The maximum absolute atomic E-state index is 13.2. The molecule has 1 saturated carbocycles. The third-order valence-corrected chi connectivity index (χ3v) is 8.28. The standard InChI is InChI=1S/C28H41N7O2/c1-4-26(27-30-31-32-35(27)24-8-6-5-7-9-24)34(11-10-33-12-14-37-15-13-33)19-23-18-22-16-20(2)21(3)17-25(22)29-28(23)36/h16-18,24,26H,4-15,19H2,1-3H3,(H,29,36). The second-order valence-corrected chi connectivity index (χ2v) is 10.8. The Hall–Kier alpha value is -2.62. The summed E-state index contributed by atoms with van der Waals surface area (Å²) in [6, 6.07) is 6.71. The largest absolute Gasteiger partial charge is 0.379 e. The highest BCUT2D eigenvalue weighted by molar-refractivity contribution is 5.80. The van der Waals surface area contributed by atoms with Crippen LogP contribution in [0.1, 0.15) is 80.0 Å². The summed E-state index contributed by atoms with van der Waals surface area (Å²) in [7, 11) is 0. The lowest BCUT2D eigenvalue weighted by atomic mass is 9.95. The van der Waals surface area contributed by atoms with Gasteiger partial charge in [0.1, 0.15) is 0 Å². The highest BCUT2D eigenvalue weighted by Gasteiger charge is 2.29. The fourth-order valence-corrected chi connectivity index (χ4v) is 5.91. The fourth-order valence-electron chi connectivity index (χ4n) is 5.91. The Morgan fingerprint density at radius 2 is 1.86 bits per heavy atom. The Morgan fingerprint density at radius 3 is 2.62 bits per heavy atom. The first-order valence-electron chi connectivity index (χ1n) is 14.0. The predicted molar refractivity (Wildman–Crippen MR) is 145 cm³/mol. The number of morpholine rings is 1. The van der Waals surface area contributed by atoms with Crippen molar-refractivity contribution in [2.24, 2.45) is 0 Å². The Balaban J connectivity index is 1.46. The zero-order chi connectivity index (χ0) is 25.8. The van der Waals surface area contributed by atoms with Crippen LogP contribution >= 0.6 is 0 Å². The highest BCUT2D eigenvalue weighted by atomic mass is 16.5. The monoisotopic (exact) mass is 507 g/mol. The van der Waals surface area contributed by atoms with Gasteiger partial charge in [0.2, 0.25) is 0 Å². The van der Waals surface area contributed by atoms with Gasteiger partial charge in [0, 0.05) is 43.8 Å². The zero-order valence-electron chi connectivity index (χ0n) is 22.6. The molecule has 2 fully saturated rings. The Kier molecular flexibility index (Phi) is 8.32. The molecule has 1 N–H and O–H groups in total. The van der Waals surface area contributed by atoms with E-state index in [4.69, 9.17) is 4.74 Å². The number of hydrogen-bond acceptors (Lipinski definition) is 7. The molecule has 3 aromatic rings. The summed E-state index contributed by atoms with van der Waals surface area (Å²) >= 11 is 0. The number of fused-ring (bicyclic) bond motifs is 1. The summed E-state index contributed by atoms with van der Waals surface area (Å²) < 4.78 is 7.65. The molecule has 9 heteroatoms. The maximum Gasteiger partial charge on any atom is 0.252 e. The van der Waals surface area contributed by atoms with Crippen molar-refractivity contribution in [1.29, 1.82) is 0 Å². The molecule has 0 bridgehead atoms. The first kappa shape index (κ1) is 26.0. The van der Waals surface area contributed by atoms with E-state index in [-0.39, 0.29) is 11.6 Å². The number of benzene rings is 1. The molecule has 1 aliphatic heterocycles. The van der Waals surface area contributed by atoms with E-state index in [9.17, 15) is 4.79 Å². The van der Waals surface area contributed by atoms with Crippen molar-refractivity contribution in [3.8, 4) is 0 Å². The number of nitrogens with zero attached hydrogens (tertiary/aromatic N) is 6. The molecule has 37 heavy (non-hydrogen) atoms. The van der Waals surface area contributed by atoms with Gasteiger partial charge in [0.05, 0.1) is 25.3 Å². The van der Waals surface area contributed by atoms with E-state index in [2.05, 4.69) is 74.0 Å². The molecule has 1 unspecified atom stereocenters. The van der Waals surface area contributed by atoms with Gasteiger partial charge in [0.25, 0.3) is 5.56 Å². The molecule has 1 aliphatic carbocycles. The van der Waals surface area contributed by atoms with Gasteiger partial charge >= 0.3 is 0 Å². The topological polar surface area (TPSA) is 92.2 Å². The molecule has 1 saturated heterocycles. The molecule has 9 nitrogen and oxygen atoms in total. The van der Waals surface area contributed by atoms with Crippen LogP contribution in [0.5, 0.6) is 0 Å². The number of tetrazole rings is 1. The third kappa shape index (κ3) is 5.94. The zero-order valence-corrected chi connectivity index (χ0v) is 22.6. The number of hydrogen-bond donors (Lipinski definition) is 1. The Bertz CT molecular complexity index is 1240. The van der Waals surface area contributed by atoms with Crippen LogP contribution in [0.4, 0.5) is 0 Å². The predicted octanol–water partition coefficient (Wildman–Crippen LogP) is 3.92. The summed E-state index contributed by atoms with van der Waals surface area (Å²) in [4.78, 5) is 21.2. The molecule has 2 aliphatic rings. The van der Waals surface area contributed by atoms with E-state index >= 15 is 0 Å². The first-order chi connectivity index (χ1) is 18.0. The van der Waals surface area contributed by atoms with Gasteiger partial charge < -0.3 is 9.72 Å². The van der Waals surface area contributed by atoms with Crippen LogP contribution in [-0.4, -0.2) is 74.4 Å². The van der Waals surface area contributed by atoms with Crippen LogP contribution < -0.4 is 5.56 Å². The van der Waals surface area contributed by atoms with E-state index in [1.165, 1.54) is 30.4 Å². The van der Waals surface area contributed by atoms with Crippen LogP contribution in [0.3, 0.4) is 0 Å². The van der Waals surface area contributed by atoms with Crippen LogP contribution in [0.2, 0.25) is 0 Å². The van der Waals surface area contributed by atoms with Crippen molar-refractivity contribution >= 4 is 10.9 Å². The molecule has 1 atom stereocenters. The molecular weight excluding hydrogens is 466 g/mol. The van der Waals surface area contributed by atoms with Crippen molar-refractivity contribution < 1.29 is 4.74 Å². The van der Waals surface area contributed by atoms with Gasteiger partial charge in [-0.05, 0) is 78.2 Å². The molecular formula is C28H41N7O2. The first-order valence-corrected chi connectivity index (χ1v) is 14.0. The van der Waals surface area contributed by atoms with Crippen LogP contribution in [0.25, 0.3) is 10.9 Å². The molecule has 2 aromatic heterocycles. The third-order valence-electron chi connectivity index (χ3n) is 8.28. The number of nitrogens with one attached hydrogen (secondary N) is 1. The number of aryl methyl sites for hydroxylation is 2. The lowest BCUT2D eigenvalue weighted by Gasteiger charge is -2.34. The minimum Gasteiger partial charge on any atom is -0.379 e. The Morgan fingerprint density at radius 1 is 1.11 bits per heavy atom. The van der Waals surface area contributed by atoms with E-state index in [0.717, 1.165) is 80.9 Å². The quantitative estimate of drug-likeness (QED) is 0.469. The van der Waals surface area contributed by atoms with Gasteiger partial charge in [-0.1, -0.05) is 26.2 Å². The molecule has 1 aromatic carbocycles. The second-order valence-electron chi connectivity index (χ2n) is 10.8. The Labute approximate surface area is 219 Å². The molecule has 0 spiro atoms. The highest BCUT2D eigenvalue weighted by Crippen LogP contribution is 2.32. The van der Waals surface area contributed by atoms with Crippen molar-refractivity contribution in [3.05, 3.63) is 51.1 Å². The number of H-pyrrole nitrogens is 1. The van der Waals surface area contributed by atoms with E-state index in [0.29, 0.717) is 12.6 Å². The van der Waals surface area contributed by atoms with E-state index < -0.39 is 0 Å². The second kappa shape index (κ2) is 11.8. The lowest BCUT2D eigenvalue weighted by Crippen LogP contribution is -2.43. The fraction of sp³-hybridized carbons (Fsp3) is 0.643. The van der Waals surface area contributed by atoms with E-state index in [1.807, 2.05) is 0 Å². The van der Waals surface area contributed by atoms with Crippen LogP contribution in [-0.2, 0) is 11.3 Å². The lowest BCUT2D eigenvalue weighted by molar-refractivity contribution is 0.0290. The average molecular weight is 508 g/mol. The van der Waals surface area contributed by atoms with E-state index in [1.54, 1.807) is 0 Å². The number of pyridine rings is 1. The summed E-state index contributed by atoms with van der Waals surface area (Å²) in [6.07, 6.45) is 6.89. The summed E-state index contributed by atoms with van der Waals surface area (Å²) in [6.45, 7) is 12.2. The van der Waals surface area contributed by atoms with Gasteiger partial charge in [-0.3, -0.25) is 14.6 Å². The average Bonchev–Trinajstić information content (AvgIpc) is 3.40. The number of aromatic amines is 1. The minimum atomic E-state index is -0.0196. The molecule has 5 rings (SSSR count). The number of ether oxygens (including phenoxy) is 1. The van der Waals surface area contributed by atoms with Gasteiger partial charge in [-0.2, -0.15) is 0 Å². The summed E-state index contributed by atoms with van der Waals surface area (Å²) in [5.74, 6) is 0.931.